The van der Waals surface area contributed by atoms with E-state index in [0.717, 1.165) is 24.3 Å². The fourth-order valence-electron chi connectivity index (χ4n) is 2.58. The maximum atomic E-state index is 12.3. The number of rotatable bonds is 6. The number of hydrogen-bond acceptors (Lipinski definition) is 4. The molecule has 4 nitrogen and oxygen atoms in total. The molecule has 1 atom stereocenters. The zero-order valence-electron chi connectivity index (χ0n) is 12.6. The van der Waals surface area contributed by atoms with E-state index in [1.807, 2.05) is 25.1 Å². The van der Waals surface area contributed by atoms with E-state index in [-0.39, 0.29) is 12.5 Å². The fourth-order valence-corrected chi connectivity index (χ4v) is 3.39. The van der Waals surface area contributed by atoms with Crippen LogP contribution < -0.4 is 5.32 Å². The molecule has 1 amide bonds. The molecule has 0 aliphatic heterocycles. The van der Waals surface area contributed by atoms with E-state index < -0.39 is 5.54 Å². The number of carbonyl (C=O) groups excluding carboxylic acids is 1. The van der Waals surface area contributed by atoms with Crippen molar-refractivity contribution in [3.63, 3.8) is 0 Å². The Labute approximate surface area is 134 Å². The van der Waals surface area contributed by atoms with Crippen LogP contribution in [0.4, 0.5) is 0 Å². The molecular weight excluding hydrogens is 296 g/mol. The van der Waals surface area contributed by atoms with Gasteiger partial charge in [0.2, 0.25) is 0 Å². The van der Waals surface area contributed by atoms with Crippen molar-refractivity contribution < 1.29 is 9.90 Å². The molecule has 1 aromatic heterocycles. The Bertz CT molecular complexity index is 652. The van der Waals surface area contributed by atoms with Crippen LogP contribution in [0.3, 0.4) is 0 Å². The van der Waals surface area contributed by atoms with E-state index >= 15 is 0 Å². The molecule has 1 fully saturated rings. The average Bonchev–Trinajstić information content (AvgIpc) is 3.29. The summed E-state index contributed by atoms with van der Waals surface area (Å²) in [6.45, 7) is 1.87. The smallest absolute Gasteiger partial charge is 0.271 e. The predicted molar refractivity (Wildman–Crippen MR) is 87.0 cm³/mol. The number of aliphatic hydroxyl groups excluding tert-OH is 1. The van der Waals surface area contributed by atoms with Crippen LogP contribution in [0.1, 0.15) is 40.8 Å². The van der Waals surface area contributed by atoms with Gasteiger partial charge in [-0.1, -0.05) is 30.3 Å². The van der Waals surface area contributed by atoms with Crippen molar-refractivity contribution in [1.29, 1.82) is 0 Å². The van der Waals surface area contributed by atoms with Crippen LogP contribution in [0.25, 0.3) is 0 Å². The van der Waals surface area contributed by atoms with Crippen molar-refractivity contribution in [1.82, 2.24) is 10.3 Å². The first-order valence-electron chi connectivity index (χ1n) is 7.52. The summed E-state index contributed by atoms with van der Waals surface area (Å²) in [4.78, 5) is 16.8. The lowest BCUT2D eigenvalue weighted by molar-refractivity contribution is 0.0820. The van der Waals surface area contributed by atoms with E-state index in [2.05, 4.69) is 22.4 Å². The van der Waals surface area contributed by atoms with Crippen LogP contribution in [0, 0.1) is 5.92 Å². The zero-order valence-corrected chi connectivity index (χ0v) is 13.4. The van der Waals surface area contributed by atoms with E-state index in [0.29, 0.717) is 11.6 Å². The van der Waals surface area contributed by atoms with Gasteiger partial charge in [0.15, 0.2) is 0 Å². The summed E-state index contributed by atoms with van der Waals surface area (Å²) in [5.41, 5.74) is 1.10. The second-order valence-corrected chi connectivity index (χ2v) is 7.04. The Morgan fingerprint density at radius 3 is 2.77 bits per heavy atom. The molecule has 116 valence electrons. The first kappa shape index (κ1) is 15.2. The number of thiazole rings is 1. The standard InChI is InChI=1S/C17H20N2O2S/c1-17(11-20,13-7-8-13)19-16(21)14-10-22-15(18-14)9-12-5-3-2-4-6-12/h2-6,10,13,20H,7-9,11H2,1H3,(H,19,21). The molecular formula is C17H20N2O2S. The molecule has 1 heterocycles. The fraction of sp³-hybridized carbons (Fsp3) is 0.412. The quantitative estimate of drug-likeness (QED) is 0.861. The van der Waals surface area contributed by atoms with Crippen molar-refractivity contribution >= 4 is 17.2 Å². The lowest BCUT2D eigenvalue weighted by Crippen LogP contribution is -2.50. The molecule has 3 rings (SSSR count). The first-order valence-corrected chi connectivity index (χ1v) is 8.40. The van der Waals surface area contributed by atoms with Gasteiger partial charge in [-0.2, -0.15) is 0 Å². The highest BCUT2D eigenvalue weighted by atomic mass is 32.1. The number of aromatic nitrogens is 1. The van der Waals surface area contributed by atoms with Crippen molar-refractivity contribution in [3.8, 4) is 0 Å². The molecule has 5 heteroatoms. The molecule has 0 spiro atoms. The molecule has 1 aliphatic carbocycles. The summed E-state index contributed by atoms with van der Waals surface area (Å²) < 4.78 is 0. The highest BCUT2D eigenvalue weighted by molar-refractivity contribution is 7.09. The van der Waals surface area contributed by atoms with Gasteiger partial charge in [-0.15, -0.1) is 11.3 Å². The molecule has 0 bridgehead atoms. The second-order valence-electron chi connectivity index (χ2n) is 6.09. The highest BCUT2D eigenvalue weighted by Gasteiger charge is 2.42. The van der Waals surface area contributed by atoms with Gasteiger partial charge in [0, 0.05) is 11.8 Å². The number of aliphatic hydroxyl groups is 1. The van der Waals surface area contributed by atoms with Crippen molar-refractivity contribution in [2.24, 2.45) is 5.92 Å². The highest BCUT2D eigenvalue weighted by Crippen LogP contribution is 2.39. The molecule has 1 aromatic carbocycles. The van der Waals surface area contributed by atoms with Crippen LogP contribution in [0.5, 0.6) is 0 Å². The Kier molecular flexibility index (Phi) is 4.27. The summed E-state index contributed by atoms with van der Waals surface area (Å²) in [7, 11) is 0. The minimum Gasteiger partial charge on any atom is -0.394 e. The third-order valence-electron chi connectivity index (χ3n) is 4.19. The van der Waals surface area contributed by atoms with Crippen molar-refractivity contribution in [2.75, 3.05) is 6.61 Å². The molecule has 0 radical (unpaired) electrons. The first-order chi connectivity index (χ1) is 10.6. The molecule has 1 aliphatic rings. The normalized spacial score (nSPS) is 17.0. The Morgan fingerprint density at radius 2 is 2.14 bits per heavy atom. The third kappa shape index (κ3) is 3.36. The molecule has 0 saturated heterocycles. The predicted octanol–water partition coefficient (Wildman–Crippen LogP) is 2.62. The Morgan fingerprint density at radius 1 is 1.41 bits per heavy atom. The van der Waals surface area contributed by atoms with Gasteiger partial charge in [-0.3, -0.25) is 4.79 Å². The molecule has 1 saturated carbocycles. The van der Waals surface area contributed by atoms with Gasteiger partial charge in [-0.25, -0.2) is 4.98 Å². The molecule has 22 heavy (non-hydrogen) atoms. The number of nitrogens with one attached hydrogen (secondary N) is 1. The number of nitrogens with zero attached hydrogens (tertiary/aromatic N) is 1. The Balaban J connectivity index is 1.66. The number of benzene rings is 1. The van der Waals surface area contributed by atoms with E-state index in [1.54, 1.807) is 5.38 Å². The Hall–Kier alpha value is -1.72. The van der Waals surface area contributed by atoms with Crippen LogP contribution in [-0.4, -0.2) is 28.1 Å². The van der Waals surface area contributed by atoms with Crippen LogP contribution in [-0.2, 0) is 6.42 Å². The zero-order chi connectivity index (χ0) is 15.6. The minimum absolute atomic E-state index is 0.0373. The second kappa shape index (κ2) is 6.18. The maximum absolute atomic E-state index is 12.3. The SMILES string of the molecule is CC(CO)(NC(=O)c1csc(Cc2ccccc2)n1)C1CC1. The summed E-state index contributed by atoms with van der Waals surface area (Å²) in [5.74, 6) is 0.183. The van der Waals surface area contributed by atoms with Crippen molar-refractivity contribution in [3.05, 3.63) is 52.0 Å². The third-order valence-corrected chi connectivity index (χ3v) is 5.04. The summed E-state index contributed by atoms with van der Waals surface area (Å²) in [5, 5.41) is 15.2. The van der Waals surface area contributed by atoms with E-state index in [1.165, 1.54) is 16.9 Å². The monoisotopic (exact) mass is 316 g/mol. The average molecular weight is 316 g/mol. The summed E-state index contributed by atoms with van der Waals surface area (Å²) in [6.07, 6.45) is 2.86. The lowest BCUT2D eigenvalue weighted by atomic mass is 9.97. The van der Waals surface area contributed by atoms with E-state index in [9.17, 15) is 9.90 Å². The van der Waals surface area contributed by atoms with Crippen LogP contribution in [0.15, 0.2) is 35.7 Å². The molecule has 2 N–H and O–H groups in total. The van der Waals surface area contributed by atoms with Gasteiger partial charge in [0.25, 0.3) is 5.91 Å². The summed E-state index contributed by atoms with van der Waals surface area (Å²) >= 11 is 1.50. The van der Waals surface area contributed by atoms with Crippen LogP contribution in [0.2, 0.25) is 0 Å². The molecule has 1 unspecified atom stereocenters. The van der Waals surface area contributed by atoms with Gasteiger partial charge in [0.1, 0.15) is 5.69 Å². The summed E-state index contributed by atoms with van der Waals surface area (Å²) in [6, 6.07) is 10.1. The van der Waals surface area contributed by atoms with Crippen molar-refractivity contribution in [2.45, 2.75) is 31.7 Å². The lowest BCUT2D eigenvalue weighted by Gasteiger charge is -2.28. The topological polar surface area (TPSA) is 62.2 Å². The maximum Gasteiger partial charge on any atom is 0.271 e. The minimum atomic E-state index is -0.527. The van der Waals surface area contributed by atoms with Gasteiger partial charge < -0.3 is 10.4 Å². The van der Waals surface area contributed by atoms with Crippen LogP contribution >= 0.6 is 11.3 Å². The molecule has 2 aromatic rings. The number of carbonyl (C=O) groups is 1. The number of hydrogen-bond donors (Lipinski definition) is 2. The largest absolute Gasteiger partial charge is 0.394 e. The van der Waals surface area contributed by atoms with E-state index in [4.69, 9.17) is 0 Å². The van der Waals surface area contributed by atoms with Gasteiger partial charge in [0.05, 0.1) is 17.2 Å². The van der Waals surface area contributed by atoms with Gasteiger partial charge >= 0.3 is 0 Å². The number of amides is 1. The van der Waals surface area contributed by atoms with Gasteiger partial charge in [-0.05, 0) is 31.2 Å².